The normalized spacial score (nSPS) is 17.6. The quantitative estimate of drug-likeness (QED) is 0.755. The van der Waals surface area contributed by atoms with E-state index in [9.17, 15) is 5.11 Å². The van der Waals surface area contributed by atoms with Gasteiger partial charge in [0.15, 0.2) is 0 Å². The molecule has 0 radical (unpaired) electrons. The number of aromatic nitrogens is 2. The lowest BCUT2D eigenvalue weighted by atomic mass is 9.87. The third kappa shape index (κ3) is 3.81. The summed E-state index contributed by atoms with van der Waals surface area (Å²) >= 11 is 1.61. The minimum atomic E-state index is -0.378. The van der Waals surface area contributed by atoms with Crippen molar-refractivity contribution < 1.29 is 9.63 Å². The predicted molar refractivity (Wildman–Crippen MR) is 97.0 cm³/mol. The van der Waals surface area contributed by atoms with E-state index in [-0.39, 0.29) is 6.10 Å². The van der Waals surface area contributed by atoms with Gasteiger partial charge in [0.2, 0.25) is 11.7 Å². The molecular weight excluding hydrogens is 334 g/mol. The van der Waals surface area contributed by atoms with Crippen LogP contribution in [0.1, 0.15) is 30.4 Å². The molecule has 6 heteroatoms. The van der Waals surface area contributed by atoms with Gasteiger partial charge in [-0.25, -0.2) is 0 Å². The molecule has 4 rings (SSSR count). The van der Waals surface area contributed by atoms with Gasteiger partial charge in [0.1, 0.15) is 0 Å². The van der Waals surface area contributed by atoms with Crippen molar-refractivity contribution in [2.75, 3.05) is 13.1 Å². The van der Waals surface area contributed by atoms with Crippen molar-refractivity contribution >= 4 is 11.3 Å². The number of hydrogen-bond donors (Lipinski definition) is 1. The van der Waals surface area contributed by atoms with Crippen molar-refractivity contribution in [2.24, 2.45) is 5.92 Å². The zero-order valence-electron chi connectivity index (χ0n) is 13.9. The highest BCUT2D eigenvalue weighted by molar-refractivity contribution is 7.13. The Morgan fingerprint density at radius 3 is 2.68 bits per heavy atom. The Kier molecular flexibility index (Phi) is 4.92. The van der Waals surface area contributed by atoms with E-state index in [2.05, 4.69) is 15.0 Å². The van der Waals surface area contributed by atoms with E-state index < -0.39 is 0 Å². The Labute approximate surface area is 150 Å². The standard InChI is InChI=1S/C19H21N3O2S/c23-18(14-5-2-1-3-6-14)15-8-10-22(11-9-15)13-17-20-19(21-24-17)16-7-4-12-25-16/h1-7,12,15,18,23H,8-11,13H2/t18-/m1/s1. The van der Waals surface area contributed by atoms with E-state index in [4.69, 9.17) is 4.52 Å². The molecule has 0 amide bonds. The molecule has 1 aliphatic rings. The van der Waals surface area contributed by atoms with Gasteiger partial charge >= 0.3 is 0 Å². The lowest BCUT2D eigenvalue weighted by Crippen LogP contribution is -2.35. The van der Waals surface area contributed by atoms with E-state index in [0.29, 0.717) is 24.2 Å². The summed E-state index contributed by atoms with van der Waals surface area (Å²) in [4.78, 5) is 7.84. The molecule has 130 valence electrons. The first-order valence-corrected chi connectivity index (χ1v) is 9.49. The molecule has 1 aromatic carbocycles. The molecule has 25 heavy (non-hydrogen) atoms. The lowest BCUT2D eigenvalue weighted by Gasteiger charge is -2.33. The fourth-order valence-corrected chi connectivity index (χ4v) is 4.01. The number of piperidine rings is 1. The van der Waals surface area contributed by atoms with Crippen LogP contribution >= 0.6 is 11.3 Å². The number of benzene rings is 1. The highest BCUT2D eigenvalue weighted by Crippen LogP contribution is 2.31. The molecule has 1 aliphatic heterocycles. The molecule has 1 saturated heterocycles. The van der Waals surface area contributed by atoms with Crippen LogP contribution in [0.2, 0.25) is 0 Å². The Morgan fingerprint density at radius 1 is 1.16 bits per heavy atom. The maximum Gasteiger partial charge on any atom is 0.241 e. The molecule has 0 aliphatic carbocycles. The fraction of sp³-hybridized carbons (Fsp3) is 0.368. The molecule has 0 saturated carbocycles. The predicted octanol–water partition coefficient (Wildman–Crippen LogP) is 3.74. The summed E-state index contributed by atoms with van der Waals surface area (Å²) in [7, 11) is 0. The number of hydrogen-bond acceptors (Lipinski definition) is 6. The minimum Gasteiger partial charge on any atom is -0.388 e. The Morgan fingerprint density at radius 2 is 1.96 bits per heavy atom. The Hall–Kier alpha value is -2.02. The molecule has 3 heterocycles. The van der Waals surface area contributed by atoms with Gasteiger partial charge in [0, 0.05) is 0 Å². The van der Waals surface area contributed by atoms with Crippen LogP contribution in [0.15, 0.2) is 52.4 Å². The second-order valence-corrected chi connectivity index (χ2v) is 7.41. The smallest absolute Gasteiger partial charge is 0.241 e. The zero-order chi connectivity index (χ0) is 17.1. The molecule has 0 spiro atoms. The molecular formula is C19H21N3O2S. The summed E-state index contributed by atoms with van der Waals surface area (Å²) in [6, 6.07) is 13.9. The summed E-state index contributed by atoms with van der Waals surface area (Å²) in [5.41, 5.74) is 1.01. The van der Waals surface area contributed by atoms with Crippen molar-refractivity contribution in [1.82, 2.24) is 15.0 Å². The zero-order valence-corrected chi connectivity index (χ0v) is 14.7. The largest absolute Gasteiger partial charge is 0.388 e. The number of aliphatic hydroxyl groups excluding tert-OH is 1. The van der Waals surface area contributed by atoms with Crippen LogP contribution in [0.3, 0.4) is 0 Å². The first-order chi connectivity index (χ1) is 12.3. The Balaban J connectivity index is 1.32. The number of aliphatic hydroxyl groups is 1. The third-order valence-corrected chi connectivity index (χ3v) is 5.65. The fourth-order valence-electron chi connectivity index (χ4n) is 3.37. The highest BCUT2D eigenvalue weighted by atomic mass is 32.1. The van der Waals surface area contributed by atoms with E-state index >= 15 is 0 Å². The number of thiophene rings is 1. The molecule has 1 N–H and O–H groups in total. The monoisotopic (exact) mass is 355 g/mol. The van der Waals surface area contributed by atoms with Crippen molar-refractivity contribution in [2.45, 2.75) is 25.5 Å². The van der Waals surface area contributed by atoms with Crippen LogP contribution in [0, 0.1) is 5.92 Å². The van der Waals surface area contributed by atoms with Crippen molar-refractivity contribution in [3.8, 4) is 10.7 Å². The summed E-state index contributed by atoms with van der Waals surface area (Å²) < 4.78 is 5.39. The molecule has 0 bridgehead atoms. The van der Waals surface area contributed by atoms with Crippen LogP contribution in [-0.4, -0.2) is 33.2 Å². The van der Waals surface area contributed by atoms with Crippen molar-refractivity contribution in [3.63, 3.8) is 0 Å². The molecule has 2 aromatic heterocycles. The second kappa shape index (κ2) is 7.47. The second-order valence-electron chi connectivity index (χ2n) is 6.46. The molecule has 0 unspecified atom stereocenters. The average molecular weight is 355 g/mol. The molecule has 3 aromatic rings. The first kappa shape index (κ1) is 16.4. The van der Waals surface area contributed by atoms with Crippen LogP contribution < -0.4 is 0 Å². The van der Waals surface area contributed by atoms with Gasteiger partial charge in [0.25, 0.3) is 0 Å². The SMILES string of the molecule is O[C@H](c1ccccc1)C1CCN(Cc2nc(-c3cccs3)no2)CC1. The van der Waals surface area contributed by atoms with Gasteiger partial charge in [-0.2, -0.15) is 4.98 Å². The summed E-state index contributed by atoms with van der Waals surface area (Å²) in [6.45, 7) is 2.54. The Bertz CT molecular complexity index is 780. The first-order valence-electron chi connectivity index (χ1n) is 8.61. The van der Waals surface area contributed by atoms with Gasteiger partial charge < -0.3 is 9.63 Å². The molecule has 1 atom stereocenters. The van der Waals surface area contributed by atoms with E-state index in [1.165, 1.54) is 0 Å². The van der Waals surface area contributed by atoms with E-state index in [0.717, 1.165) is 36.4 Å². The van der Waals surface area contributed by atoms with Crippen LogP contribution in [-0.2, 0) is 6.54 Å². The summed E-state index contributed by atoms with van der Waals surface area (Å²) in [6.07, 6.45) is 1.57. The van der Waals surface area contributed by atoms with Gasteiger partial charge in [0.05, 0.1) is 17.5 Å². The number of likely N-dealkylation sites (tertiary alicyclic amines) is 1. The third-order valence-electron chi connectivity index (χ3n) is 4.79. The summed E-state index contributed by atoms with van der Waals surface area (Å²) in [5.74, 6) is 1.63. The van der Waals surface area contributed by atoms with Crippen LogP contribution in [0.25, 0.3) is 10.7 Å². The van der Waals surface area contributed by atoms with E-state index in [1.54, 1.807) is 11.3 Å². The average Bonchev–Trinajstić information content (AvgIpc) is 3.34. The number of rotatable bonds is 5. The molecule has 5 nitrogen and oxygen atoms in total. The van der Waals surface area contributed by atoms with Gasteiger partial charge in [-0.05, 0) is 48.9 Å². The maximum absolute atomic E-state index is 10.6. The van der Waals surface area contributed by atoms with Gasteiger partial charge in [-0.3, -0.25) is 4.90 Å². The molecule has 1 fully saturated rings. The number of nitrogens with zero attached hydrogens (tertiary/aromatic N) is 3. The van der Waals surface area contributed by atoms with Crippen LogP contribution in [0.4, 0.5) is 0 Å². The van der Waals surface area contributed by atoms with E-state index in [1.807, 2.05) is 47.8 Å². The topological polar surface area (TPSA) is 62.4 Å². The van der Waals surface area contributed by atoms with Crippen LogP contribution in [0.5, 0.6) is 0 Å². The van der Waals surface area contributed by atoms with Crippen molar-refractivity contribution in [3.05, 3.63) is 59.3 Å². The maximum atomic E-state index is 10.6. The lowest BCUT2D eigenvalue weighted by molar-refractivity contribution is 0.0538. The van der Waals surface area contributed by atoms with Gasteiger partial charge in [-0.1, -0.05) is 41.6 Å². The minimum absolute atomic E-state index is 0.308. The highest BCUT2D eigenvalue weighted by Gasteiger charge is 2.27. The van der Waals surface area contributed by atoms with Crippen molar-refractivity contribution in [1.29, 1.82) is 0 Å². The van der Waals surface area contributed by atoms with Gasteiger partial charge in [-0.15, -0.1) is 11.3 Å². The summed E-state index contributed by atoms with van der Waals surface area (Å²) in [5, 5.41) is 16.6.